The Labute approximate surface area is 89.9 Å². The summed E-state index contributed by atoms with van der Waals surface area (Å²) in [6, 6.07) is 0.166. The van der Waals surface area contributed by atoms with Gasteiger partial charge in [0.1, 0.15) is 5.82 Å². The van der Waals surface area contributed by atoms with Crippen molar-refractivity contribution < 1.29 is 4.79 Å². The van der Waals surface area contributed by atoms with Crippen molar-refractivity contribution in [1.29, 1.82) is 0 Å². The molecule has 5 nitrogen and oxygen atoms in total. The molecule has 1 aromatic heterocycles. The first-order valence-electron chi connectivity index (χ1n) is 5.00. The van der Waals surface area contributed by atoms with Gasteiger partial charge in [0, 0.05) is 25.7 Å². The van der Waals surface area contributed by atoms with E-state index in [0.29, 0.717) is 0 Å². The quantitative estimate of drug-likeness (QED) is 0.710. The predicted octanol–water partition coefficient (Wildman–Crippen LogP) is 0.292. The SMILES string of the molecule is CC(N)CCc1cnn(C)c1N(C)C=O. The number of amides is 1. The van der Waals surface area contributed by atoms with Crippen LogP contribution in [0.15, 0.2) is 6.20 Å². The summed E-state index contributed by atoms with van der Waals surface area (Å²) in [6.45, 7) is 1.97. The third-order valence-electron chi connectivity index (χ3n) is 2.34. The highest BCUT2D eigenvalue weighted by Gasteiger charge is 2.12. The van der Waals surface area contributed by atoms with Gasteiger partial charge < -0.3 is 10.6 Å². The van der Waals surface area contributed by atoms with E-state index in [-0.39, 0.29) is 6.04 Å². The Morgan fingerprint density at radius 1 is 1.73 bits per heavy atom. The zero-order valence-electron chi connectivity index (χ0n) is 9.47. The van der Waals surface area contributed by atoms with Gasteiger partial charge in [0.05, 0.1) is 6.20 Å². The smallest absolute Gasteiger partial charge is 0.215 e. The van der Waals surface area contributed by atoms with Crippen LogP contribution in [0.25, 0.3) is 0 Å². The summed E-state index contributed by atoms with van der Waals surface area (Å²) < 4.78 is 1.70. The Morgan fingerprint density at radius 3 is 2.93 bits per heavy atom. The van der Waals surface area contributed by atoms with E-state index < -0.39 is 0 Å². The molecule has 5 heteroatoms. The first-order valence-corrected chi connectivity index (χ1v) is 5.00. The third-order valence-corrected chi connectivity index (χ3v) is 2.34. The molecule has 1 heterocycles. The van der Waals surface area contributed by atoms with E-state index in [1.54, 1.807) is 17.9 Å². The van der Waals surface area contributed by atoms with Gasteiger partial charge in [0.2, 0.25) is 6.41 Å². The van der Waals surface area contributed by atoms with Crippen molar-refractivity contribution in [3.8, 4) is 0 Å². The fourth-order valence-electron chi connectivity index (χ4n) is 1.54. The molecule has 0 saturated carbocycles. The van der Waals surface area contributed by atoms with E-state index in [9.17, 15) is 4.79 Å². The lowest BCUT2D eigenvalue weighted by Gasteiger charge is -2.13. The van der Waals surface area contributed by atoms with Gasteiger partial charge in [-0.05, 0) is 19.8 Å². The second-order valence-corrected chi connectivity index (χ2v) is 3.85. The first kappa shape index (κ1) is 11.7. The van der Waals surface area contributed by atoms with Gasteiger partial charge in [-0.1, -0.05) is 0 Å². The van der Waals surface area contributed by atoms with Crippen LogP contribution in [0.5, 0.6) is 0 Å². The van der Waals surface area contributed by atoms with Gasteiger partial charge in [0.25, 0.3) is 0 Å². The Hall–Kier alpha value is -1.36. The highest BCUT2D eigenvalue weighted by Crippen LogP contribution is 2.19. The molecule has 1 rings (SSSR count). The molecule has 1 amide bonds. The average Bonchev–Trinajstić information content (AvgIpc) is 2.55. The van der Waals surface area contributed by atoms with Crippen LogP contribution in [-0.4, -0.2) is 29.3 Å². The van der Waals surface area contributed by atoms with Crippen molar-refractivity contribution in [3.63, 3.8) is 0 Å². The Morgan fingerprint density at radius 2 is 2.40 bits per heavy atom. The molecule has 0 aliphatic carbocycles. The number of carbonyl (C=O) groups excluding carboxylic acids is 1. The van der Waals surface area contributed by atoms with Crippen LogP contribution < -0.4 is 10.6 Å². The molecule has 0 bridgehead atoms. The minimum Gasteiger partial charge on any atom is -0.328 e. The fraction of sp³-hybridized carbons (Fsp3) is 0.600. The maximum atomic E-state index is 10.7. The molecule has 84 valence electrons. The molecular weight excluding hydrogens is 192 g/mol. The van der Waals surface area contributed by atoms with E-state index >= 15 is 0 Å². The highest BCUT2D eigenvalue weighted by molar-refractivity contribution is 5.73. The van der Waals surface area contributed by atoms with Crippen molar-refractivity contribution in [2.75, 3.05) is 11.9 Å². The van der Waals surface area contributed by atoms with Crippen molar-refractivity contribution in [3.05, 3.63) is 11.8 Å². The predicted molar refractivity (Wildman–Crippen MR) is 59.6 cm³/mol. The number of hydrogen-bond acceptors (Lipinski definition) is 3. The third kappa shape index (κ3) is 2.79. The average molecular weight is 210 g/mol. The summed E-state index contributed by atoms with van der Waals surface area (Å²) >= 11 is 0. The zero-order valence-corrected chi connectivity index (χ0v) is 9.47. The van der Waals surface area contributed by atoms with Crippen LogP contribution in [-0.2, 0) is 18.3 Å². The zero-order chi connectivity index (χ0) is 11.4. The summed E-state index contributed by atoms with van der Waals surface area (Å²) in [4.78, 5) is 12.2. The molecule has 1 aromatic rings. The van der Waals surface area contributed by atoms with E-state index in [0.717, 1.165) is 30.6 Å². The molecule has 0 aliphatic heterocycles. The summed E-state index contributed by atoms with van der Waals surface area (Å²) in [5.74, 6) is 0.839. The van der Waals surface area contributed by atoms with E-state index in [2.05, 4.69) is 5.10 Å². The number of rotatable bonds is 5. The summed E-state index contributed by atoms with van der Waals surface area (Å²) in [6.07, 6.45) is 4.31. The number of hydrogen-bond donors (Lipinski definition) is 1. The van der Waals surface area contributed by atoms with Crippen LogP contribution in [0.2, 0.25) is 0 Å². The van der Waals surface area contributed by atoms with Gasteiger partial charge in [0.15, 0.2) is 0 Å². The molecule has 2 N–H and O–H groups in total. The monoisotopic (exact) mass is 210 g/mol. The number of carbonyl (C=O) groups is 1. The van der Waals surface area contributed by atoms with Crippen LogP contribution in [0.4, 0.5) is 5.82 Å². The van der Waals surface area contributed by atoms with E-state index in [1.807, 2.05) is 14.0 Å². The van der Waals surface area contributed by atoms with E-state index in [4.69, 9.17) is 5.73 Å². The number of aromatic nitrogens is 2. The maximum Gasteiger partial charge on any atom is 0.215 e. The lowest BCUT2D eigenvalue weighted by Crippen LogP contribution is -2.20. The van der Waals surface area contributed by atoms with Crippen LogP contribution in [0, 0.1) is 0 Å². The van der Waals surface area contributed by atoms with Gasteiger partial charge in [-0.2, -0.15) is 5.10 Å². The minimum absolute atomic E-state index is 0.166. The van der Waals surface area contributed by atoms with E-state index in [1.165, 1.54) is 4.90 Å². The molecule has 0 radical (unpaired) electrons. The topological polar surface area (TPSA) is 64.2 Å². The molecule has 0 fully saturated rings. The molecule has 1 atom stereocenters. The minimum atomic E-state index is 0.166. The van der Waals surface area contributed by atoms with Crippen molar-refractivity contribution in [1.82, 2.24) is 9.78 Å². The Kier molecular flexibility index (Phi) is 3.85. The number of aryl methyl sites for hydroxylation is 2. The van der Waals surface area contributed by atoms with Gasteiger partial charge in [-0.3, -0.25) is 9.48 Å². The molecule has 0 aromatic carbocycles. The lowest BCUT2D eigenvalue weighted by molar-refractivity contribution is -0.107. The molecule has 0 aliphatic rings. The number of anilines is 1. The lowest BCUT2D eigenvalue weighted by atomic mass is 10.1. The number of nitrogens with zero attached hydrogens (tertiary/aromatic N) is 3. The highest BCUT2D eigenvalue weighted by atomic mass is 16.1. The largest absolute Gasteiger partial charge is 0.328 e. The maximum absolute atomic E-state index is 10.7. The second-order valence-electron chi connectivity index (χ2n) is 3.85. The van der Waals surface area contributed by atoms with Crippen LogP contribution >= 0.6 is 0 Å². The molecule has 0 spiro atoms. The Bertz CT molecular complexity index is 332. The number of nitrogens with two attached hydrogens (primary N) is 1. The van der Waals surface area contributed by atoms with Gasteiger partial charge >= 0.3 is 0 Å². The van der Waals surface area contributed by atoms with Crippen LogP contribution in [0.1, 0.15) is 18.9 Å². The van der Waals surface area contributed by atoms with Gasteiger partial charge in [-0.15, -0.1) is 0 Å². The summed E-state index contributed by atoms with van der Waals surface area (Å²) in [7, 11) is 3.55. The van der Waals surface area contributed by atoms with Crippen molar-refractivity contribution in [2.24, 2.45) is 12.8 Å². The van der Waals surface area contributed by atoms with Gasteiger partial charge in [-0.25, -0.2) is 0 Å². The normalized spacial score (nSPS) is 12.5. The summed E-state index contributed by atoms with van der Waals surface area (Å²) in [5, 5.41) is 4.14. The molecule has 0 saturated heterocycles. The standard InChI is InChI=1S/C10H18N4O/c1-8(11)4-5-9-6-12-14(3)10(9)13(2)7-15/h6-8H,4-5,11H2,1-3H3. The molecular formula is C10H18N4O. The fourth-order valence-corrected chi connectivity index (χ4v) is 1.54. The molecule has 1 unspecified atom stereocenters. The van der Waals surface area contributed by atoms with Crippen molar-refractivity contribution in [2.45, 2.75) is 25.8 Å². The van der Waals surface area contributed by atoms with Crippen LogP contribution in [0.3, 0.4) is 0 Å². The second kappa shape index (κ2) is 4.93. The summed E-state index contributed by atoms with van der Waals surface area (Å²) in [5.41, 5.74) is 6.76. The molecule has 15 heavy (non-hydrogen) atoms. The van der Waals surface area contributed by atoms with Crippen molar-refractivity contribution >= 4 is 12.2 Å². The first-order chi connectivity index (χ1) is 7.06. The Balaban J connectivity index is 2.83.